The number of ether oxygens (including phenoxy) is 3. The van der Waals surface area contributed by atoms with E-state index < -0.39 is 18.5 Å². The van der Waals surface area contributed by atoms with Crippen LogP contribution >= 0.6 is 0 Å². The molecule has 0 heterocycles. The van der Waals surface area contributed by atoms with Gasteiger partial charge in [0.05, 0.1) is 17.7 Å². The summed E-state index contributed by atoms with van der Waals surface area (Å²) in [6.45, 7) is 0.253. The van der Waals surface area contributed by atoms with Crippen molar-refractivity contribution in [2.45, 2.75) is 25.7 Å². The van der Waals surface area contributed by atoms with E-state index in [4.69, 9.17) is 14.2 Å². The highest BCUT2D eigenvalue weighted by atomic mass is 16.6. The Morgan fingerprint density at radius 2 is 2.00 bits per heavy atom. The van der Waals surface area contributed by atoms with Gasteiger partial charge in [0.15, 0.2) is 12.9 Å². The van der Waals surface area contributed by atoms with E-state index >= 15 is 0 Å². The maximum Gasteiger partial charge on any atom is 0.344 e. The highest BCUT2D eigenvalue weighted by molar-refractivity contribution is 5.93. The molecule has 0 saturated heterocycles. The molecule has 0 amide bonds. The van der Waals surface area contributed by atoms with Crippen LogP contribution in [0, 0.1) is 5.92 Å². The predicted octanol–water partition coefficient (Wildman–Crippen LogP) is 3.26. The topological polar surface area (TPSA) is 78.9 Å². The van der Waals surface area contributed by atoms with Gasteiger partial charge in [0.2, 0.25) is 0 Å². The van der Waals surface area contributed by atoms with Crippen LogP contribution in [0.3, 0.4) is 0 Å². The number of hydrogen-bond acceptors (Lipinski definition) is 6. The lowest BCUT2D eigenvalue weighted by molar-refractivity contribution is -0.146. The number of esters is 2. The zero-order chi connectivity index (χ0) is 19.1. The molecule has 2 aliphatic rings. The molecule has 27 heavy (non-hydrogen) atoms. The number of aldehydes is 1. The molecule has 0 aliphatic heterocycles. The van der Waals surface area contributed by atoms with Crippen molar-refractivity contribution < 1.29 is 28.6 Å². The first-order valence-electron chi connectivity index (χ1n) is 9.06. The maximum atomic E-state index is 12.1. The van der Waals surface area contributed by atoms with Crippen molar-refractivity contribution in [2.24, 2.45) is 5.92 Å². The molecule has 0 bridgehead atoms. The summed E-state index contributed by atoms with van der Waals surface area (Å²) in [6, 6.07) is 4.49. The van der Waals surface area contributed by atoms with Gasteiger partial charge in [-0.15, -0.1) is 0 Å². The molecule has 6 heteroatoms. The molecule has 0 radical (unpaired) electrons. The molecule has 6 nitrogen and oxygen atoms in total. The van der Waals surface area contributed by atoms with Crippen molar-refractivity contribution >= 4 is 18.2 Å². The second kappa shape index (κ2) is 9.16. The first-order chi connectivity index (χ1) is 13.2. The summed E-state index contributed by atoms with van der Waals surface area (Å²) in [7, 11) is 0. The zero-order valence-electron chi connectivity index (χ0n) is 15.0. The van der Waals surface area contributed by atoms with E-state index in [1.807, 2.05) is 18.2 Å². The lowest BCUT2D eigenvalue weighted by atomic mass is 10.1. The summed E-state index contributed by atoms with van der Waals surface area (Å²) in [4.78, 5) is 35.1. The molecule has 1 aromatic carbocycles. The monoisotopic (exact) mass is 370 g/mol. The van der Waals surface area contributed by atoms with Crippen molar-refractivity contribution in [3.63, 3.8) is 0 Å². The lowest BCUT2D eigenvalue weighted by Crippen LogP contribution is -2.18. The Balaban J connectivity index is 1.47. The molecule has 1 aromatic rings. The Labute approximate surface area is 157 Å². The van der Waals surface area contributed by atoms with Crippen molar-refractivity contribution in [3.05, 3.63) is 53.1 Å². The van der Waals surface area contributed by atoms with Gasteiger partial charge in [-0.25, -0.2) is 9.59 Å². The van der Waals surface area contributed by atoms with Gasteiger partial charge in [-0.3, -0.25) is 4.79 Å². The molecule has 3 rings (SSSR count). The molecule has 1 fully saturated rings. The number of allylic oxidation sites excluding steroid dienone is 2. The summed E-state index contributed by atoms with van der Waals surface area (Å²) >= 11 is 0. The predicted molar refractivity (Wildman–Crippen MR) is 97.7 cm³/mol. The highest BCUT2D eigenvalue weighted by Crippen LogP contribution is 2.30. The third kappa shape index (κ3) is 5.81. The van der Waals surface area contributed by atoms with E-state index in [0.717, 1.165) is 31.3 Å². The highest BCUT2D eigenvalue weighted by Gasteiger charge is 2.22. The molecular weight excluding hydrogens is 348 g/mol. The van der Waals surface area contributed by atoms with Crippen molar-refractivity contribution in [1.82, 2.24) is 0 Å². The van der Waals surface area contributed by atoms with Gasteiger partial charge in [-0.05, 0) is 55.4 Å². The lowest BCUT2D eigenvalue weighted by Gasteiger charge is -2.10. The summed E-state index contributed by atoms with van der Waals surface area (Å²) in [6.07, 6.45) is 10.8. The fraction of sp³-hybridized carbons (Fsp3) is 0.381. The number of benzene rings is 1. The number of carbonyl (C=O) groups excluding carboxylic acids is 3. The van der Waals surface area contributed by atoms with E-state index in [2.05, 4.69) is 0 Å². The first kappa shape index (κ1) is 18.9. The molecule has 1 saturated carbocycles. The van der Waals surface area contributed by atoms with Crippen LogP contribution in [0.15, 0.2) is 42.0 Å². The van der Waals surface area contributed by atoms with Crippen LogP contribution < -0.4 is 4.74 Å². The Morgan fingerprint density at radius 3 is 2.70 bits per heavy atom. The maximum absolute atomic E-state index is 12.1. The SMILES string of the molecule is O=Cc1cc(C(=O)OCC(=O)OCC2=CCCC=C2)ccc1OCC1CC1. The average molecular weight is 370 g/mol. The smallest absolute Gasteiger partial charge is 0.344 e. The Morgan fingerprint density at radius 1 is 1.15 bits per heavy atom. The fourth-order valence-corrected chi connectivity index (χ4v) is 2.58. The molecule has 0 atom stereocenters. The number of hydrogen-bond donors (Lipinski definition) is 0. The molecule has 142 valence electrons. The number of rotatable bonds is 9. The van der Waals surface area contributed by atoms with E-state index in [1.165, 1.54) is 12.1 Å². The van der Waals surface area contributed by atoms with Gasteiger partial charge in [0.1, 0.15) is 12.4 Å². The average Bonchev–Trinajstić information content (AvgIpc) is 3.54. The van der Waals surface area contributed by atoms with Crippen LogP contribution in [0.4, 0.5) is 0 Å². The van der Waals surface area contributed by atoms with Gasteiger partial charge >= 0.3 is 11.9 Å². The quantitative estimate of drug-likeness (QED) is 0.490. The summed E-state index contributed by atoms with van der Waals surface area (Å²) in [5.41, 5.74) is 1.39. The Hall–Kier alpha value is -2.89. The molecular formula is C21H22O6. The van der Waals surface area contributed by atoms with Crippen LogP contribution in [-0.4, -0.2) is 38.0 Å². The largest absolute Gasteiger partial charge is 0.493 e. The van der Waals surface area contributed by atoms with Crippen LogP contribution in [0.2, 0.25) is 0 Å². The molecule has 0 aromatic heterocycles. The fourth-order valence-electron chi connectivity index (χ4n) is 2.58. The minimum Gasteiger partial charge on any atom is -0.493 e. The molecule has 0 spiro atoms. The van der Waals surface area contributed by atoms with Crippen LogP contribution in [-0.2, 0) is 14.3 Å². The van der Waals surface area contributed by atoms with E-state index in [0.29, 0.717) is 24.6 Å². The summed E-state index contributed by atoms with van der Waals surface area (Å²) in [5, 5.41) is 0. The minimum absolute atomic E-state index is 0.162. The third-order valence-electron chi connectivity index (χ3n) is 4.34. The van der Waals surface area contributed by atoms with Crippen LogP contribution in [0.5, 0.6) is 5.75 Å². The number of carbonyl (C=O) groups is 3. The first-order valence-corrected chi connectivity index (χ1v) is 9.06. The molecule has 2 aliphatic carbocycles. The van der Waals surface area contributed by atoms with Gasteiger partial charge in [0.25, 0.3) is 0 Å². The molecule has 0 N–H and O–H groups in total. The minimum atomic E-state index is -0.694. The van der Waals surface area contributed by atoms with Gasteiger partial charge in [-0.2, -0.15) is 0 Å². The normalized spacial score (nSPS) is 15.6. The van der Waals surface area contributed by atoms with E-state index in [1.54, 1.807) is 6.07 Å². The van der Waals surface area contributed by atoms with Crippen molar-refractivity contribution in [2.75, 3.05) is 19.8 Å². The Bertz CT molecular complexity index is 773. The molecule has 0 unspecified atom stereocenters. The van der Waals surface area contributed by atoms with Crippen molar-refractivity contribution in [1.29, 1.82) is 0 Å². The van der Waals surface area contributed by atoms with E-state index in [-0.39, 0.29) is 17.7 Å². The second-order valence-electron chi connectivity index (χ2n) is 6.62. The zero-order valence-corrected chi connectivity index (χ0v) is 15.0. The third-order valence-corrected chi connectivity index (χ3v) is 4.34. The van der Waals surface area contributed by atoms with E-state index in [9.17, 15) is 14.4 Å². The van der Waals surface area contributed by atoms with Gasteiger partial charge < -0.3 is 14.2 Å². The summed E-state index contributed by atoms with van der Waals surface area (Å²) < 4.78 is 15.7. The van der Waals surface area contributed by atoms with Gasteiger partial charge in [0, 0.05) is 0 Å². The van der Waals surface area contributed by atoms with Crippen molar-refractivity contribution in [3.8, 4) is 5.75 Å². The van der Waals surface area contributed by atoms with Gasteiger partial charge in [-0.1, -0.05) is 18.2 Å². The standard InChI is InChI=1S/C21H22O6/c22-11-18-10-17(8-9-19(18)25-12-16-6-7-16)21(24)27-14-20(23)26-13-15-4-2-1-3-5-15/h2,4-5,8-11,16H,1,3,6-7,12-14H2. The van der Waals surface area contributed by atoms with Crippen LogP contribution in [0.25, 0.3) is 0 Å². The van der Waals surface area contributed by atoms with Crippen LogP contribution in [0.1, 0.15) is 46.4 Å². The second-order valence-corrected chi connectivity index (χ2v) is 6.62. The summed E-state index contributed by atoms with van der Waals surface area (Å²) in [5.74, 6) is -0.314. The Kier molecular flexibility index (Phi) is 6.41.